The van der Waals surface area contributed by atoms with E-state index in [1.807, 2.05) is 17.8 Å². The van der Waals surface area contributed by atoms with E-state index in [0.29, 0.717) is 18.6 Å². The standard InChI is InChI=1S/C13H22N2O/c1-3-4-5-6-7-8-12(16)11-13-14-9-10-15(13)2/h9-10H,3-8,11H2,1-2H3. The van der Waals surface area contributed by atoms with Crippen molar-refractivity contribution in [2.45, 2.75) is 51.9 Å². The van der Waals surface area contributed by atoms with E-state index < -0.39 is 0 Å². The fourth-order valence-corrected chi connectivity index (χ4v) is 1.76. The van der Waals surface area contributed by atoms with Crippen LogP contribution >= 0.6 is 0 Å². The number of carbonyl (C=O) groups is 1. The molecular formula is C13H22N2O. The molecule has 0 N–H and O–H groups in total. The fourth-order valence-electron chi connectivity index (χ4n) is 1.76. The van der Waals surface area contributed by atoms with Gasteiger partial charge < -0.3 is 4.57 Å². The van der Waals surface area contributed by atoms with E-state index in [-0.39, 0.29) is 0 Å². The van der Waals surface area contributed by atoms with Gasteiger partial charge in [0.05, 0.1) is 6.42 Å². The quantitative estimate of drug-likeness (QED) is 0.634. The van der Waals surface area contributed by atoms with E-state index in [4.69, 9.17) is 0 Å². The normalized spacial score (nSPS) is 10.6. The topological polar surface area (TPSA) is 34.9 Å². The van der Waals surface area contributed by atoms with Crippen molar-refractivity contribution in [3.8, 4) is 0 Å². The SMILES string of the molecule is CCCCCCCC(=O)Cc1nccn1C. The van der Waals surface area contributed by atoms with E-state index in [9.17, 15) is 4.79 Å². The number of hydrogen-bond acceptors (Lipinski definition) is 2. The number of nitrogens with zero attached hydrogens (tertiary/aromatic N) is 2. The number of hydrogen-bond donors (Lipinski definition) is 0. The maximum atomic E-state index is 11.6. The van der Waals surface area contributed by atoms with Crippen LogP contribution in [0.1, 0.15) is 51.3 Å². The number of aryl methyl sites for hydroxylation is 1. The van der Waals surface area contributed by atoms with E-state index in [1.54, 1.807) is 6.20 Å². The molecule has 1 aromatic rings. The molecule has 0 bridgehead atoms. The minimum absolute atomic E-state index is 0.311. The van der Waals surface area contributed by atoms with Crippen molar-refractivity contribution < 1.29 is 4.79 Å². The summed E-state index contributed by atoms with van der Waals surface area (Å²) in [5.41, 5.74) is 0. The first-order valence-corrected chi connectivity index (χ1v) is 6.22. The van der Waals surface area contributed by atoms with E-state index in [1.165, 1.54) is 25.7 Å². The van der Waals surface area contributed by atoms with Gasteiger partial charge in [0.1, 0.15) is 11.6 Å². The lowest BCUT2D eigenvalue weighted by atomic mass is 10.1. The lowest BCUT2D eigenvalue weighted by molar-refractivity contribution is -0.118. The van der Waals surface area contributed by atoms with Crippen molar-refractivity contribution >= 4 is 5.78 Å². The second-order valence-corrected chi connectivity index (χ2v) is 4.33. The van der Waals surface area contributed by atoms with Crippen LogP contribution in [-0.2, 0) is 18.3 Å². The first kappa shape index (κ1) is 12.9. The van der Waals surface area contributed by atoms with Crippen LogP contribution < -0.4 is 0 Å². The number of aromatic nitrogens is 2. The Balaban J connectivity index is 2.14. The Labute approximate surface area is 97.9 Å². The first-order chi connectivity index (χ1) is 7.74. The number of imidazole rings is 1. The molecule has 1 aromatic heterocycles. The smallest absolute Gasteiger partial charge is 0.140 e. The lowest BCUT2D eigenvalue weighted by Crippen LogP contribution is -2.07. The Morgan fingerprint density at radius 3 is 2.69 bits per heavy atom. The predicted octanol–water partition coefficient (Wildman–Crippen LogP) is 2.89. The molecule has 0 unspecified atom stereocenters. The van der Waals surface area contributed by atoms with Gasteiger partial charge in [0.15, 0.2) is 0 Å². The molecular weight excluding hydrogens is 200 g/mol. The number of ketones is 1. The van der Waals surface area contributed by atoms with Gasteiger partial charge in [-0.05, 0) is 6.42 Å². The monoisotopic (exact) mass is 222 g/mol. The number of carbonyl (C=O) groups excluding carboxylic acids is 1. The van der Waals surface area contributed by atoms with Gasteiger partial charge in [-0.1, -0.05) is 32.6 Å². The van der Waals surface area contributed by atoms with Gasteiger partial charge in [-0.2, -0.15) is 0 Å². The van der Waals surface area contributed by atoms with Gasteiger partial charge in [0.25, 0.3) is 0 Å². The van der Waals surface area contributed by atoms with Crippen molar-refractivity contribution in [2.24, 2.45) is 7.05 Å². The summed E-state index contributed by atoms with van der Waals surface area (Å²) in [4.78, 5) is 15.8. The minimum Gasteiger partial charge on any atom is -0.338 e. The molecule has 16 heavy (non-hydrogen) atoms. The average Bonchev–Trinajstić information content (AvgIpc) is 2.64. The summed E-state index contributed by atoms with van der Waals surface area (Å²) in [7, 11) is 1.93. The van der Waals surface area contributed by atoms with Crippen LogP contribution in [0.5, 0.6) is 0 Å². The molecule has 1 rings (SSSR count). The molecule has 90 valence electrons. The lowest BCUT2D eigenvalue weighted by Gasteiger charge is -2.01. The van der Waals surface area contributed by atoms with Crippen molar-refractivity contribution in [2.75, 3.05) is 0 Å². The zero-order chi connectivity index (χ0) is 11.8. The van der Waals surface area contributed by atoms with Crippen LogP contribution in [0.4, 0.5) is 0 Å². The summed E-state index contributed by atoms with van der Waals surface area (Å²) in [6, 6.07) is 0. The molecule has 0 amide bonds. The number of rotatable bonds is 8. The zero-order valence-corrected chi connectivity index (χ0v) is 10.4. The maximum Gasteiger partial charge on any atom is 0.140 e. The molecule has 0 aliphatic rings. The molecule has 3 nitrogen and oxygen atoms in total. The van der Waals surface area contributed by atoms with Crippen molar-refractivity contribution in [1.82, 2.24) is 9.55 Å². The van der Waals surface area contributed by atoms with Crippen LogP contribution in [0, 0.1) is 0 Å². The molecule has 0 spiro atoms. The Kier molecular flexibility index (Phi) is 5.83. The van der Waals surface area contributed by atoms with Gasteiger partial charge in [-0.15, -0.1) is 0 Å². The van der Waals surface area contributed by atoms with E-state index in [0.717, 1.165) is 12.2 Å². The highest BCUT2D eigenvalue weighted by Crippen LogP contribution is 2.07. The van der Waals surface area contributed by atoms with Gasteiger partial charge in [0, 0.05) is 25.9 Å². The summed E-state index contributed by atoms with van der Waals surface area (Å²) in [5.74, 6) is 1.18. The summed E-state index contributed by atoms with van der Waals surface area (Å²) >= 11 is 0. The second-order valence-electron chi connectivity index (χ2n) is 4.33. The molecule has 3 heteroatoms. The molecule has 0 fully saturated rings. The summed E-state index contributed by atoms with van der Waals surface area (Å²) in [5, 5.41) is 0. The van der Waals surface area contributed by atoms with Gasteiger partial charge in [-0.3, -0.25) is 4.79 Å². The molecule has 0 saturated carbocycles. The highest BCUT2D eigenvalue weighted by molar-refractivity contribution is 5.80. The fraction of sp³-hybridized carbons (Fsp3) is 0.692. The zero-order valence-electron chi connectivity index (χ0n) is 10.4. The van der Waals surface area contributed by atoms with Crippen molar-refractivity contribution in [3.63, 3.8) is 0 Å². The molecule has 0 saturated heterocycles. The summed E-state index contributed by atoms with van der Waals surface area (Å²) in [6.07, 6.45) is 10.8. The Morgan fingerprint density at radius 1 is 1.31 bits per heavy atom. The number of Topliss-reactive ketones (excluding diaryl/α,β-unsaturated/α-hetero) is 1. The summed E-state index contributed by atoms with van der Waals surface area (Å²) in [6.45, 7) is 2.20. The third kappa shape index (κ3) is 4.60. The highest BCUT2D eigenvalue weighted by Gasteiger charge is 2.06. The van der Waals surface area contributed by atoms with Crippen LogP contribution in [0.25, 0.3) is 0 Å². The molecule has 0 atom stereocenters. The minimum atomic E-state index is 0.311. The molecule has 0 aliphatic heterocycles. The van der Waals surface area contributed by atoms with Gasteiger partial charge in [-0.25, -0.2) is 4.98 Å². The highest BCUT2D eigenvalue weighted by atomic mass is 16.1. The summed E-state index contributed by atoms with van der Waals surface area (Å²) < 4.78 is 1.91. The molecule has 0 aromatic carbocycles. The van der Waals surface area contributed by atoms with E-state index >= 15 is 0 Å². The van der Waals surface area contributed by atoms with Gasteiger partial charge in [0.2, 0.25) is 0 Å². The molecule has 1 heterocycles. The second kappa shape index (κ2) is 7.20. The first-order valence-electron chi connectivity index (χ1n) is 6.22. The van der Waals surface area contributed by atoms with Gasteiger partial charge >= 0.3 is 0 Å². The largest absolute Gasteiger partial charge is 0.338 e. The number of unbranched alkanes of at least 4 members (excludes halogenated alkanes) is 4. The maximum absolute atomic E-state index is 11.6. The van der Waals surface area contributed by atoms with Crippen LogP contribution in [-0.4, -0.2) is 15.3 Å². The third-order valence-corrected chi connectivity index (χ3v) is 2.84. The van der Waals surface area contributed by atoms with Crippen LogP contribution in [0.15, 0.2) is 12.4 Å². The predicted molar refractivity (Wildman–Crippen MR) is 65.3 cm³/mol. The Hall–Kier alpha value is -1.12. The molecule has 0 radical (unpaired) electrons. The van der Waals surface area contributed by atoms with Crippen molar-refractivity contribution in [3.05, 3.63) is 18.2 Å². The van der Waals surface area contributed by atoms with Crippen LogP contribution in [0.3, 0.4) is 0 Å². The Bertz CT molecular complexity index is 317. The third-order valence-electron chi connectivity index (χ3n) is 2.84. The molecule has 0 aliphatic carbocycles. The average molecular weight is 222 g/mol. The van der Waals surface area contributed by atoms with Crippen LogP contribution in [0.2, 0.25) is 0 Å². The van der Waals surface area contributed by atoms with E-state index in [2.05, 4.69) is 11.9 Å². The Morgan fingerprint density at radius 2 is 2.06 bits per heavy atom. The van der Waals surface area contributed by atoms with Crippen molar-refractivity contribution in [1.29, 1.82) is 0 Å².